The van der Waals surface area contributed by atoms with Gasteiger partial charge in [0.15, 0.2) is 34.9 Å². The number of hydrogen-bond acceptors (Lipinski definition) is 8. The lowest BCUT2D eigenvalue weighted by atomic mass is 9.91. The van der Waals surface area contributed by atoms with Gasteiger partial charge in [0.2, 0.25) is 0 Å². The minimum absolute atomic E-state index is 0.597. The minimum atomic E-state index is 0.597. The van der Waals surface area contributed by atoms with Crippen molar-refractivity contribution in [2.45, 2.75) is 0 Å². The van der Waals surface area contributed by atoms with Gasteiger partial charge in [0.25, 0.3) is 0 Å². The molecule has 0 radical (unpaired) electrons. The Bertz CT molecular complexity index is 6590. The number of rotatable bonds is 9. The van der Waals surface area contributed by atoms with Crippen LogP contribution in [0.1, 0.15) is 0 Å². The zero-order valence-corrected chi connectivity index (χ0v) is 53.8. The van der Waals surface area contributed by atoms with Crippen molar-refractivity contribution < 1.29 is 8.83 Å². The molecule has 0 fully saturated rings. The first-order valence-corrected chi connectivity index (χ1v) is 33.6. The largest absolute Gasteiger partial charge is 0.456 e. The normalized spacial score (nSPS) is 11.6. The monoisotopic (exact) mass is 1280 g/mol. The fourth-order valence-electron chi connectivity index (χ4n) is 14.5. The van der Waals surface area contributed by atoms with E-state index in [1.807, 2.05) is 66.7 Å². The second-order valence-electron chi connectivity index (χ2n) is 25.2. The van der Waals surface area contributed by atoms with Gasteiger partial charge in [0.05, 0.1) is 0 Å². The van der Waals surface area contributed by atoms with Crippen LogP contribution in [0.25, 0.3) is 199 Å². The van der Waals surface area contributed by atoms with Crippen LogP contribution in [0.2, 0.25) is 0 Å². The Hall–Kier alpha value is -13.6. The molecule has 0 bridgehead atoms. The van der Waals surface area contributed by atoms with Gasteiger partial charge in [-0.15, -0.1) is 0 Å². The first-order valence-electron chi connectivity index (χ1n) is 33.6. The van der Waals surface area contributed by atoms with E-state index in [2.05, 4.69) is 273 Å². The van der Waals surface area contributed by atoms with Crippen LogP contribution in [0.4, 0.5) is 0 Å². The molecular formula is C92H56N6O2. The molecule has 0 saturated carbocycles. The van der Waals surface area contributed by atoms with Crippen molar-refractivity contribution in [3.8, 4) is 102 Å². The van der Waals surface area contributed by atoms with Gasteiger partial charge < -0.3 is 8.83 Å². The molecule has 20 aromatic rings. The van der Waals surface area contributed by atoms with Gasteiger partial charge in [-0.25, -0.2) is 29.9 Å². The molecule has 0 aliphatic carbocycles. The van der Waals surface area contributed by atoms with Crippen LogP contribution in [0.3, 0.4) is 0 Å². The van der Waals surface area contributed by atoms with Gasteiger partial charge in [-0.05, 0) is 130 Å². The third-order valence-corrected chi connectivity index (χ3v) is 19.3. The molecule has 16 aromatic carbocycles. The van der Waals surface area contributed by atoms with E-state index in [0.29, 0.717) is 34.9 Å². The van der Waals surface area contributed by atoms with E-state index in [-0.39, 0.29) is 0 Å². The van der Waals surface area contributed by atoms with E-state index in [9.17, 15) is 0 Å². The Morgan fingerprint density at radius 2 is 0.560 bits per heavy atom. The third kappa shape index (κ3) is 10.3. The minimum Gasteiger partial charge on any atom is -0.456 e. The van der Waals surface area contributed by atoms with E-state index in [1.165, 1.54) is 27.3 Å². The van der Waals surface area contributed by atoms with Gasteiger partial charge in [-0.3, -0.25) is 0 Å². The third-order valence-electron chi connectivity index (χ3n) is 19.3. The van der Waals surface area contributed by atoms with Crippen LogP contribution in [0.15, 0.2) is 349 Å². The van der Waals surface area contributed by atoms with Crippen LogP contribution >= 0.6 is 0 Å². The van der Waals surface area contributed by atoms with Gasteiger partial charge in [-0.1, -0.05) is 291 Å². The second-order valence-corrected chi connectivity index (χ2v) is 25.2. The van der Waals surface area contributed by atoms with E-state index in [1.54, 1.807) is 0 Å². The van der Waals surface area contributed by atoms with E-state index in [4.69, 9.17) is 38.7 Å². The molecular weight excluding hydrogens is 1220 g/mol. The summed E-state index contributed by atoms with van der Waals surface area (Å²) in [7, 11) is 0. The van der Waals surface area contributed by atoms with Crippen LogP contribution in [-0.4, -0.2) is 29.9 Å². The predicted molar refractivity (Wildman–Crippen MR) is 411 cm³/mol. The molecule has 0 N–H and O–H groups in total. The Kier molecular flexibility index (Phi) is 14.0. The van der Waals surface area contributed by atoms with Crippen molar-refractivity contribution in [2.75, 3.05) is 0 Å². The summed E-state index contributed by atoms with van der Waals surface area (Å²) in [5, 5.41) is 15.6. The number of hydrogen-bond donors (Lipinski definition) is 0. The lowest BCUT2D eigenvalue weighted by Gasteiger charge is -2.15. The number of para-hydroxylation sites is 2. The average Bonchev–Trinajstić information content (AvgIpc) is 0.798. The standard InChI is InChI=1S/C47H29N3O.C45H27N3O/c1-3-12-30(13-4-1)31-22-24-34(25-23-31)45-48-46(39-19-11-21-42-44(39)38-18-9-10-20-41(38)51-42)50-47(49-45)40-29-28-35(32-14-5-2-6-15-32)37-27-26-33-16-7-8-17-36(33)43(37)40;1-2-11-28(12-3-1)33-26-38-34-16-7-6-14-30(34)23-24-35(38)39(27-33)45-47-43(32-22-21-29-13-4-5-15-31(29)25-32)46-44(48-45)37-18-10-20-41-42(37)36-17-8-9-19-40(36)49-41/h1-29H;1-27H. The van der Waals surface area contributed by atoms with E-state index in [0.717, 1.165) is 137 Å². The molecule has 4 aromatic heterocycles. The average molecular weight is 1280 g/mol. The van der Waals surface area contributed by atoms with Crippen LogP contribution < -0.4 is 0 Å². The zero-order chi connectivity index (χ0) is 66.0. The second kappa shape index (κ2) is 24.3. The molecule has 8 heteroatoms. The number of benzene rings is 16. The van der Waals surface area contributed by atoms with Crippen LogP contribution in [-0.2, 0) is 0 Å². The van der Waals surface area contributed by atoms with Gasteiger partial charge in [0, 0.05) is 60.3 Å². The maximum absolute atomic E-state index is 6.29. The van der Waals surface area contributed by atoms with E-state index < -0.39 is 0 Å². The van der Waals surface area contributed by atoms with Crippen molar-refractivity contribution >= 4 is 97.7 Å². The highest BCUT2D eigenvalue weighted by atomic mass is 16.3. The molecule has 0 spiro atoms. The van der Waals surface area contributed by atoms with Crippen molar-refractivity contribution in [3.05, 3.63) is 340 Å². The topological polar surface area (TPSA) is 104 Å². The van der Waals surface area contributed by atoms with Crippen molar-refractivity contribution in [1.29, 1.82) is 0 Å². The molecule has 20 rings (SSSR count). The molecule has 8 nitrogen and oxygen atoms in total. The smallest absolute Gasteiger partial charge is 0.164 e. The molecule has 466 valence electrons. The highest BCUT2D eigenvalue weighted by Gasteiger charge is 2.23. The lowest BCUT2D eigenvalue weighted by molar-refractivity contribution is 0.668. The van der Waals surface area contributed by atoms with Crippen LogP contribution in [0, 0.1) is 0 Å². The Labute approximate surface area is 574 Å². The summed E-state index contributed by atoms with van der Waals surface area (Å²) in [6.07, 6.45) is 0. The van der Waals surface area contributed by atoms with Crippen molar-refractivity contribution in [3.63, 3.8) is 0 Å². The summed E-state index contributed by atoms with van der Waals surface area (Å²) in [4.78, 5) is 31.5. The van der Waals surface area contributed by atoms with Crippen LogP contribution in [0.5, 0.6) is 0 Å². The van der Waals surface area contributed by atoms with Gasteiger partial charge >= 0.3 is 0 Å². The molecule has 100 heavy (non-hydrogen) atoms. The SMILES string of the molecule is c1ccc(-c2cc(-c3nc(-c4ccc5ccccc5c4)nc(-c4cccc5oc6ccccc6c45)n3)c3ccc4ccccc4c3c2)cc1.c1ccc(-c2ccc(-c3nc(-c4cccc5oc6ccccc6c45)nc(-c4ccc(-c5ccccc5)c5ccc6ccccc6c45)n3)cc2)cc1. The molecule has 0 amide bonds. The van der Waals surface area contributed by atoms with E-state index >= 15 is 0 Å². The summed E-state index contributed by atoms with van der Waals surface area (Å²) in [5.74, 6) is 3.67. The molecule has 0 saturated heterocycles. The summed E-state index contributed by atoms with van der Waals surface area (Å²) in [6.45, 7) is 0. The maximum atomic E-state index is 6.29. The zero-order valence-electron chi connectivity index (χ0n) is 53.8. The summed E-state index contributed by atoms with van der Waals surface area (Å²) in [5.41, 5.74) is 15.7. The lowest BCUT2D eigenvalue weighted by Crippen LogP contribution is -2.01. The van der Waals surface area contributed by atoms with Crippen molar-refractivity contribution in [2.24, 2.45) is 0 Å². The quantitative estimate of drug-likeness (QED) is 0.132. The summed E-state index contributed by atoms with van der Waals surface area (Å²) >= 11 is 0. The highest BCUT2D eigenvalue weighted by molar-refractivity contribution is 6.19. The van der Waals surface area contributed by atoms with Crippen molar-refractivity contribution in [1.82, 2.24) is 29.9 Å². The Morgan fingerprint density at radius 3 is 1.17 bits per heavy atom. The number of nitrogens with zero attached hydrogens (tertiary/aromatic N) is 6. The van der Waals surface area contributed by atoms with Gasteiger partial charge in [0.1, 0.15) is 22.3 Å². The molecule has 4 heterocycles. The Morgan fingerprint density at radius 1 is 0.160 bits per heavy atom. The number of fused-ring (bicyclic) bond motifs is 13. The molecule has 0 aliphatic rings. The first kappa shape index (κ1) is 57.9. The Balaban J connectivity index is 0.000000139. The molecule has 0 unspecified atom stereocenters. The predicted octanol–water partition coefficient (Wildman–Crippen LogP) is 24.3. The number of furan rings is 2. The molecule has 0 atom stereocenters. The highest BCUT2D eigenvalue weighted by Crippen LogP contribution is 2.44. The number of aromatic nitrogens is 6. The maximum Gasteiger partial charge on any atom is 0.164 e. The first-order chi connectivity index (χ1) is 49.5. The summed E-state index contributed by atoms with van der Waals surface area (Å²) in [6, 6.07) is 118. The summed E-state index contributed by atoms with van der Waals surface area (Å²) < 4.78 is 12.6. The van der Waals surface area contributed by atoms with Gasteiger partial charge in [-0.2, -0.15) is 0 Å². The molecule has 0 aliphatic heterocycles. The fourth-order valence-corrected chi connectivity index (χ4v) is 14.5. The fraction of sp³-hybridized carbons (Fsp3) is 0.